The minimum absolute atomic E-state index is 0.305. The lowest BCUT2D eigenvalue weighted by molar-refractivity contribution is 0.368. The first kappa shape index (κ1) is 14.6. The third-order valence-corrected chi connectivity index (χ3v) is 4.85. The van der Waals surface area contributed by atoms with Crippen molar-refractivity contribution in [1.29, 1.82) is 0 Å². The van der Waals surface area contributed by atoms with E-state index in [4.69, 9.17) is 11.6 Å². The number of nitrogens with zero attached hydrogens (tertiary/aromatic N) is 1. The van der Waals surface area contributed by atoms with E-state index in [0.717, 1.165) is 23.9 Å². The molecule has 0 saturated heterocycles. The molecule has 3 rings (SSSR count). The first-order valence-corrected chi connectivity index (χ1v) is 7.93. The van der Waals surface area contributed by atoms with Gasteiger partial charge in [0.1, 0.15) is 0 Å². The molecule has 2 unspecified atom stereocenters. The van der Waals surface area contributed by atoms with E-state index in [1.165, 1.54) is 17.5 Å². The Bertz CT molecular complexity index is 591. The van der Waals surface area contributed by atoms with Gasteiger partial charge in [-0.3, -0.25) is 0 Å². The van der Waals surface area contributed by atoms with E-state index in [2.05, 4.69) is 61.5 Å². The van der Waals surface area contributed by atoms with Gasteiger partial charge in [-0.25, -0.2) is 0 Å². The number of hydrogen-bond donors (Lipinski definition) is 0. The molecule has 2 aromatic carbocycles. The fraction of sp³-hybridized carbons (Fsp3) is 0.368. The zero-order valence-electron chi connectivity index (χ0n) is 12.7. The molecule has 1 nitrogen and oxygen atoms in total. The molecule has 2 atom stereocenters. The van der Waals surface area contributed by atoms with Gasteiger partial charge in [-0.1, -0.05) is 54.1 Å². The Labute approximate surface area is 132 Å². The highest BCUT2D eigenvalue weighted by atomic mass is 35.5. The van der Waals surface area contributed by atoms with E-state index in [1.54, 1.807) is 0 Å². The van der Waals surface area contributed by atoms with Crippen molar-refractivity contribution in [2.75, 3.05) is 20.6 Å². The highest BCUT2D eigenvalue weighted by Crippen LogP contribution is 2.56. The molecule has 0 aliphatic heterocycles. The molecule has 0 N–H and O–H groups in total. The molecule has 1 saturated carbocycles. The molecule has 1 aliphatic rings. The van der Waals surface area contributed by atoms with Crippen LogP contribution in [0.15, 0.2) is 54.6 Å². The molecule has 1 fully saturated rings. The molecule has 0 amide bonds. The van der Waals surface area contributed by atoms with Crippen LogP contribution in [0.3, 0.4) is 0 Å². The van der Waals surface area contributed by atoms with Crippen molar-refractivity contribution >= 4 is 11.6 Å². The highest BCUT2D eigenvalue weighted by molar-refractivity contribution is 6.30. The van der Waals surface area contributed by atoms with Crippen molar-refractivity contribution in [3.8, 4) is 0 Å². The second-order valence-electron chi connectivity index (χ2n) is 6.49. The Kier molecular flexibility index (Phi) is 4.05. The Hall–Kier alpha value is -1.31. The Morgan fingerprint density at radius 2 is 1.71 bits per heavy atom. The van der Waals surface area contributed by atoms with Crippen molar-refractivity contribution in [2.24, 2.45) is 5.92 Å². The van der Waals surface area contributed by atoms with Crippen molar-refractivity contribution < 1.29 is 0 Å². The predicted molar refractivity (Wildman–Crippen MR) is 89.9 cm³/mol. The quantitative estimate of drug-likeness (QED) is 0.791. The molecule has 0 spiro atoms. The smallest absolute Gasteiger partial charge is 0.0406 e. The van der Waals surface area contributed by atoms with Crippen molar-refractivity contribution in [1.82, 2.24) is 4.90 Å². The second kappa shape index (κ2) is 5.82. The maximum absolute atomic E-state index is 6.01. The minimum atomic E-state index is 0.305. The SMILES string of the molecule is CN(C)CC1CC1(Cc1ccc(Cl)cc1)c1ccccc1. The van der Waals surface area contributed by atoms with E-state index < -0.39 is 0 Å². The van der Waals surface area contributed by atoms with Crippen LogP contribution < -0.4 is 0 Å². The molecule has 0 bridgehead atoms. The van der Waals surface area contributed by atoms with Crippen LogP contribution in [-0.2, 0) is 11.8 Å². The molecule has 110 valence electrons. The lowest BCUT2D eigenvalue weighted by Gasteiger charge is -2.20. The van der Waals surface area contributed by atoms with Crippen LogP contribution in [0, 0.1) is 5.92 Å². The highest BCUT2D eigenvalue weighted by Gasteiger charge is 2.54. The van der Waals surface area contributed by atoms with Crippen LogP contribution in [0.2, 0.25) is 5.02 Å². The maximum atomic E-state index is 6.01. The van der Waals surface area contributed by atoms with Crippen LogP contribution in [0.1, 0.15) is 17.5 Å². The molecule has 0 heterocycles. The van der Waals surface area contributed by atoms with Gasteiger partial charge in [-0.05, 0) is 56.1 Å². The molecule has 2 aromatic rings. The summed E-state index contributed by atoms with van der Waals surface area (Å²) in [4.78, 5) is 2.30. The zero-order chi connectivity index (χ0) is 14.9. The summed E-state index contributed by atoms with van der Waals surface area (Å²) in [5.41, 5.74) is 3.16. The molecule has 2 heteroatoms. The lowest BCUT2D eigenvalue weighted by Crippen LogP contribution is -2.22. The van der Waals surface area contributed by atoms with Gasteiger partial charge in [-0.15, -0.1) is 0 Å². The Morgan fingerprint density at radius 1 is 1.05 bits per heavy atom. The van der Waals surface area contributed by atoms with E-state index in [9.17, 15) is 0 Å². The molecular formula is C19H22ClN. The largest absolute Gasteiger partial charge is 0.309 e. The molecular weight excluding hydrogens is 278 g/mol. The van der Waals surface area contributed by atoms with Crippen LogP contribution >= 0.6 is 11.6 Å². The first-order valence-electron chi connectivity index (χ1n) is 7.55. The first-order chi connectivity index (χ1) is 10.1. The van der Waals surface area contributed by atoms with Crippen molar-refractivity contribution in [3.05, 3.63) is 70.7 Å². The van der Waals surface area contributed by atoms with E-state index >= 15 is 0 Å². The zero-order valence-corrected chi connectivity index (χ0v) is 13.5. The molecule has 21 heavy (non-hydrogen) atoms. The summed E-state index contributed by atoms with van der Waals surface area (Å²) < 4.78 is 0. The van der Waals surface area contributed by atoms with E-state index in [1.807, 2.05) is 12.1 Å². The summed E-state index contributed by atoms with van der Waals surface area (Å²) in [5, 5.41) is 0.813. The minimum Gasteiger partial charge on any atom is -0.309 e. The average molecular weight is 300 g/mol. The van der Waals surface area contributed by atoms with Crippen molar-refractivity contribution in [3.63, 3.8) is 0 Å². The summed E-state index contributed by atoms with van der Waals surface area (Å²) in [5.74, 6) is 0.741. The number of benzene rings is 2. The number of rotatable bonds is 5. The van der Waals surface area contributed by atoms with Gasteiger partial charge in [0.2, 0.25) is 0 Å². The fourth-order valence-corrected chi connectivity index (χ4v) is 3.60. The van der Waals surface area contributed by atoms with Gasteiger partial charge < -0.3 is 4.90 Å². The Balaban J connectivity index is 1.86. The third-order valence-electron chi connectivity index (χ3n) is 4.60. The lowest BCUT2D eigenvalue weighted by atomic mass is 9.86. The normalized spacial score (nSPS) is 24.3. The van der Waals surface area contributed by atoms with Gasteiger partial charge in [-0.2, -0.15) is 0 Å². The van der Waals surface area contributed by atoms with Crippen molar-refractivity contribution in [2.45, 2.75) is 18.3 Å². The fourth-order valence-electron chi connectivity index (χ4n) is 3.47. The van der Waals surface area contributed by atoms with Gasteiger partial charge in [0, 0.05) is 17.0 Å². The number of halogens is 1. The van der Waals surface area contributed by atoms with Crippen LogP contribution in [0.25, 0.3) is 0 Å². The predicted octanol–water partition coefficient (Wildman–Crippen LogP) is 4.40. The molecule has 0 radical (unpaired) electrons. The topological polar surface area (TPSA) is 3.24 Å². The van der Waals surface area contributed by atoms with Crippen LogP contribution in [0.4, 0.5) is 0 Å². The maximum Gasteiger partial charge on any atom is 0.0406 e. The van der Waals surface area contributed by atoms with Gasteiger partial charge >= 0.3 is 0 Å². The molecule has 1 aliphatic carbocycles. The van der Waals surface area contributed by atoms with Crippen LogP contribution in [-0.4, -0.2) is 25.5 Å². The molecule has 0 aromatic heterocycles. The summed E-state index contributed by atoms with van der Waals surface area (Å²) in [7, 11) is 4.33. The average Bonchev–Trinajstić information content (AvgIpc) is 3.15. The number of hydrogen-bond acceptors (Lipinski definition) is 1. The summed E-state index contributed by atoms with van der Waals surface area (Å²) in [6, 6.07) is 19.3. The summed E-state index contributed by atoms with van der Waals surface area (Å²) in [6.07, 6.45) is 2.38. The van der Waals surface area contributed by atoms with E-state index in [0.29, 0.717) is 5.41 Å². The van der Waals surface area contributed by atoms with Gasteiger partial charge in [0.05, 0.1) is 0 Å². The van der Waals surface area contributed by atoms with E-state index in [-0.39, 0.29) is 0 Å². The Morgan fingerprint density at radius 3 is 2.33 bits per heavy atom. The second-order valence-corrected chi connectivity index (χ2v) is 6.93. The monoisotopic (exact) mass is 299 g/mol. The van der Waals surface area contributed by atoms with Gasteiger partial charge in [0.25, 0.3) is 0 Å². The third kappa shape index (κ3) is 3.14. The standard InChI is InChI=1S/C19H22ClN/c1-21(2)14-17-13-19(17,16-6-4-3-5-7-16)12-15-8-10-18(20)11-9-15/h3-11,17H,12-14H2,1-2H3. The summed E-state index contributed by atoms with van der Waals surface area (Å²) in [6.45, 7) is 1.16. The van der Waals surface area contributed by atoms with Gasteiger partial charge in [0.15, 0.2) is 0 Å². The summed E-state index contributed by atoms with van der Waals surface area (Å²) >= 11 is 6.01. The van der Waals surface area contributed by atoms with Crippen LogP contribution in [0.5, 0.6) is 0 Å².